The van der Waals surface area contributed by atoms with Crippen LogP contribution in [0.1, 0.15) is 38.8 Å². The van der Waals surface area contributed by atoms with Gasteiger partial charge in [-0.3, -0.25) is 9.69 Å². The summed E-state index contributed by atoms with van der Waals surface area (Å²) < 4.78 is 16.4. The first-order valence-corrected chi connectivity index (χ1v) is 9.90. The predicted octanol–water partition coefficient (Wildman–Crippen LogP) is 2.35. The number of rotatable bonds is 10. The Balaban J connectivity index is 1.72. The molecule has 0 aromatic heterocycles. The first-order chi connectivity index (χ1) is 13.0. The lowest BCUT2D eigenvalue weighted by molar-refractivity contribution is -0.132. The zero-order valence-corrected chi connectivity index (χ0v) is 17.1. The molecule has 3 unspecified atom stereocenters. The van der Waals surface area contributed by atoms with E-state index in [9.17, 15) is 4.79 Å². The van der Waals surface area contributed by atoms with Crippen LogP contribution in [0.15, 0.2) is 24.3 Å². The van der Waals surface area contributed by atoms with Crippen LogP contribution in [0.2, 0.25) is 0 Å². The molecule has 0 aliphatic carbocycles. The van der Waals surface area contributed by atoms with Gasteiger partial charge in [-0.05, 0) is 38.8 Å². The molecule has 0 radical (unpaired) electrons. The summed E-state index contributed by atoms with van der Waals surface area (Å²) in [5.74, 6) is -0.105. The summed E-state index contributed by atoms with van der Waals surface area (Å²) in [5, 5.41) is 2.92. The van der Waals surface area contributed by atoms with Crippen LogP contribution in [-0.4, -0.2) is 62.0 Å². The average molecular weight is 379 g/mol. The molecule has 2 rings (SSSR count). The lowest BCUT2D eigenvalue weighted by Crippen LogP contribution is -2.44. The average Bonchev–Trinajstić information content (AvgIpc) is 2.63. The molecule has 0 spiro atoms. The van der Waals surface area contributed by atoms with Gasteiger partial charge in [0.05, 0.1) is 25.4 Å². The standard InChI is InChI=1S/C21H34N2O4/c1-5-25-10-11-26-18(4)21(24)22-12-19-6-8-20(9-7-19)15-23-13-16(2)27-17(3)14-23/h6-9,16-18H,5,10-15H2,1-4H3,(H,22,24). The highest BCUT2D eigenvalue weighted by molar-refractivity contribution is 5.80. The molecule has 1 aromatic carbocycles. The maximum absolute atomic E-state index is 12.1. The summed E-state index contributed by atoms with van der Waals surface area (Å²) in [5.41, 5.74) is 2.36. The van der Waals surface area contributed by atoms with Gasteiger partial charge in [0.25, 0.3) is 0 Å². The van der Waals surface area contributed by atoms with Gasteiger partial charge in [-0.2, -0.15) is 0 Å². The minimum absolute atomic E-state index is 0.105. The number of morpholine rings is 1. The van der Waals surface area contributed by atoms with Crippen molar-refractivity contribution in [3.8, 4) is 0 Å². The number of ether oxygens (including phenoxy) is 3. The Kier molecular flexibility index (Phi) is 9.21. The Morgan fingerprint density at radius 1 is 1.19 bits per heavy atom. The maximum atomic E-state index is 12.1. The minimum Gasteiger partial charge on any atom is -0.379 e. The molecule has 6 nitrogen and oxygen atoms in total. The number of carbonyl (C=O) groups is 1. The van der Waals surface area contributed by atoms with Gasteiger partial charge in [-0.25, -0.2) is 0 Å². The number of carbonyl (C=O) groups excluding carboxylic acids is 1. The summed E-state index contributed by atoms with van der Waals surface area (Å²) in [6, 6.07) is 8.41. The van der Waals surface area contributed by atoms with E-state index >= 15 is 0 Å². The third-order valence-corrected chi connectivity index (χ3v) is 4.56. The third-order valence-electron chi connectivity index (χ3n) is 4.56. The van der Waals surface area contributed by atoms with Gasteiger partial charge >= 0.3 is 0 Å². The fourth-order valence-corrected chi connectivity index (χ4v) is 3.27. The number of nitrogens with one attached hydrogen (secondary N) is 1. The molecule has 1 aliphatic heterocycles. The highest BCUT2D eigenvalue weighted by Gasteiger charge is 2.22. The van der Waals surface area contributed by atoms with E-state index < -0.39 is 6.10 Å². The van der Waals surface area contributed by atoms with E-state index in [2.05, 4.69) is 48.3 Å². The van der Waals surface area contributed by atoms with Crippen molar-refractivity contribution in [3.05, 3.63) is 35.4 Å². The molecule has 1 aliphatic rings. The Bertz CT molecular complexity index is 554. The fourth-order valence-electron chi connectivity index (χ4n) is 3.27. The van der Waals surface area contributed by atoms with E-state index in [4.69, 9.17) is 14.2 Å². The van der Waals surface area contributed by atoms with Crippen molar-refractivity contribution >= 4 is 5.91 Å². The van der Waals surface area contributed by atoms with E-state index in [1.807, 2.05) is 6.92 Å². The van der Waals surface area contributed by atoms with Crippen LogP contribution in [-0.2, 0) is 32.1 Å². The van der Waals surface area contributed by atoms with Gasteiger partial charge in [0, 0.05) is 32.8 Å². The first-order valence-electron chi connectivity index (χ1n) is 9.90. The Morgan fingerprint density at radius 2 is 1.81 bits per heavy atom. The fraction of sp³-hybridized carbons (Fsp3) is 0.667. The SMILES string of the molecule is CCOCCOC(C)C(=O)NCc1ccc(CN2CC(C)OC(C)C2)cc1. The molecule has 0 saturated carbocycles. The van der Waals surface area contributed by atoms with E-state index in [0.29, 0.717) is 26.4 Å². The molecule has 6 heteroatoms. The second-order valence-corrected chi connectivity index (χ2v) is 7.20. The van der Waals surface area contributed by atoms with Gasteiger partial charge in [0.1, 0.15) is 6.10 Å². The summed E-state index contributed by atoms with van der Waals surface area (Å²) in [6.07, 6.45) is 0.0805. The van der Waals surface area contributed by atoms with Gasteiger partial charge in [0.15, 0.2) is 0 Å². The van der Waals surface area contributed by atoms with Crippen molar-refractivity contribution in [1.29, 1.82) is 0 Å². The van der Waals surface area contributed by atoms with Crippen LogP contribution in [0, 0.1) is 0 Å². The number of nitrogens with zero attached hydrogens (tertiary/aromatic N) is 1. The Labute approximate surface area is 163 Å². The number of amides is 1. The normalized spacial score (nSPS) is 21.8. The molecular weight excluding hydrogens is 344 g/mol. The molecule has 1 fully saturated rings. The number of benzene rings is 1. The molecule has 1 amide bonds. The molecule has 3 atom stereocenters. The largest absolute Gasteiger partial charge is 0.379 e. The zero-order valence-electron chi connectivity index (χ0n) is 17.1. The highest BCUT2D eigenvalue weighted by atomic mass is 16.5. The molecule has 1 aromatic rings. The van der Waals surface area contributed by atoms with E-state index in [1.165, 1.54) is 5.56 Å². The van der Waals surface area contributed by atoms with Crippen molar-refractivity contribution in [2.24, 2.45) is 0 Å². The van der Waals surface area contributed by atoms with Crippen LogP contribution in [0.5, 0.6) is 0 Å². The summed E-state index contributed by atoms with van der Waals surface area (Å²) in [4.78, 5) is 14.5. The molecule has 1 N–H and O–H groups in total. The van der Waals surface area contributed by atoms with Crippen LogP contribution in [0.25, 0.3) is 0 Å². The maximum Gasteiger partial charge on any atom is 0.249 e. The topological polar surface area (TPSA) is 60.0 Å². The summed E-state index contributed by atoms with van der Waals surface area (Å²) in [7, 11) is 0. The van der Waals surface area contributed by atoms with Crippen molar-refractivity contribution in [1.82, 2.24) is 10.2 Å². The summed E-state index contributed by atoms with van der Waals surface area (Å²) >= 11 is 0. The van der Waals surface area contributed by atoms with Crippen molar-refractivity contribution in [2.45, 2.75) is 59.1 Å². The molecule has 27 heavy (non-hydrogen) atoms. The van der Waals surface area contributed by atoms with Gasteiger partial charge < -0.3 is 19.5 Å². The minimum atomic E-state index is -0.477. The lowest BCUT2D eigenvalue weighted by Gasteiger charge is -2.35. The molecular formula is C21H34N2O4. The van der Waals surface area contributed by atoms with Crippen molar-refractivity contribution in [2.75, 3.05) is 32.9 Å². The van der Waals surface area contributed by atoms with Crippen molar-refractivity contribution < 1.29 is 19.0 Å². The van der Waals surface area contributed by atoms with Crippen LogP contribution in [0.4, 0.5) is 0 Å². The van der Waals surface area contributed by atoms with E-state index in [-0.39, 0.29) is 18.1 Å². The van der Waals surface area contributed by atoms with Gasteiger partial charge in [-0.1, -0.05) is 24.3 Å². The van der Waals surface area contributed by atoms with Crippen molar-refractivity contribution in [3.63, 3.8) is 0 Å². The van der Waals surface area contributed by atoms with Crippen LogP contribution < -0.4 is 5.32 Å². The monoisotopic (exact) mass is 378 g/mol. The van der Waals surface area contributed by atoms with E-state index in [1.54, 1.807) is 6.92 Å². The van der Waals surface area contributed by atoms with Gasteiger partial charge in [-0.15, -0.1) is 0 Å². The molecule has 1 saturated heterocycles. The third kappa shape index (κ3) is 7.97. The lowest BCUT2D eigenvalue weighted by atomic mass is 10.1. The van der Waals surface area contributed by atoms with Gasteiger partial charge in [0.2, 0.25) is 5.91 Å². The molecule has 0 bridgehead atoms. The van der Waals surface area contributed by atoms with Crippen LogP contribution >= 0.6 is 0 Å². The predicted molar refractivity (Wildman–Crippen MR) is 105 cm³/mol. The second kappa shape index (κ2) is 11.4. The highest BCUT2D eigenvalue weighted by Crippen LogP contribution is 2.14. The summed E-state index contributed by atoms with van der Waals surface area (Å²) in [6.45, 7) is 12.9. The van der Waals surface area contributed by atoms with E-state index in [0.717, 1.165) is 25.2 Å². The molecule has 1 heterocycles. The number of hydrogen-bond acceptors (Lipinski definition) is 5. The van der Waals surface area contributed by atoms with Crippen LogP contribution in [0.3, 0.4) is 0 Å². The quantitative estimate of drug-likeness (QED) is 0.634. The Morgan fingerprint density at radius 3 is 2.44 bits per heavy atom. The number of hydrogen-bond donors (Lipinski definition) is 1. The second-order valence-electron chi connectivity index (χ2n) is 7.20. The zero-order chi connectivity index (χ0) is 19.6. The molecule has 152 valence electrons. The smallest absolute Gasteiger partial charge is 0.249 e. The Hall–Kier alpha value is -1.47. The first kappa shape index (κ1) is 21.8.